The number of hydrogen-bond acceptors (Lipinski definition) is 5. The maximum Gasteiger partial charge on any atom is 0.185 e. The molecule has 0 saturated heterocycles. The summed E-state index contributed by atoms with van der Waals surface area (Å²) in [5.41, 5.74) is 0.259. The van der Waals surface area contributed by atoms with E-state index in [0.29, 0.717) is 9.47 Å². The Hall–Kier alpha value is -1.09. The van der Waals surface area contributed by atoms with Gasteiger partial charge in [0.05, 0.1) is 0 Å². The maximum atomic E-state index is 8.98. The van der Waals surface area contributed by atoms with Gasteiger partial charge in [-0.15, -0.1) is 0 Å². The van der Waals surface area contributed by atoms with Crippen LogP contribution in [0.2, 0.25) is 4.34 Å². The number of aliphatic hydroxyl groups excluding tert-OH is 1. The van der Waals surface area contributed by atoms with Crippen molar-refractivity contribution in [3.63, 3.8) is 0 Å². The standard InChI is InChI=1S/C10H10ClN3OS/c11-9-8(4-12)14-10(16-9)13-7-2-1-6(3-7)5-15/h1-2,6-7,15H,3,5H2,(H,13,14)/t6-,7+/m0/s1. The van der Waals surface area contributed by atoms with Gasteiger partial charge in [0.1, 0.15) is 10.4 Å². The van der Waals surface area contributed by atoms with Gasteiger partial charge in [0.2, 0.25) is 0 Å². The van der Waals surface area contributed by atoms with Gasteiger partial charge in [0.15, 0.2) is 10.8 Å². The second kappa shape index (κ2) is 4.83. The van der Waals surface area contributed by atoms with Gasteiger partial charge < -0.3 is 10.4 Å². The summed E-state index contributed by atoms with van der Waals surface area (Å²) in [4.78, 5) is 4.06. The summed E-state index contributed by atoms with van der Waals surface area (Å²) in [7, 11) is 0. The lowest BCUT2D eigenvalue weighted by Crippen LogP contribution is -2.16. The van der Waals surface area contributed by atoms with Crippen LogP contribution in [0.1, 0.15) is 12.1 Å². The molecule has 16 heavy (non-hydrogen) atoms. The zero-order valence-electron chi connectivity index (χ0n) is 8.35. The van der Waals surface area contributed by atoms with Crippen molar-refractivity contribution in [3.05, 3.63) is 22.2 Å². The van der Waals surface area contributed by atoms with E-state index >= 15 is 0 Å². The molecule has 0 spiro atoms. The third-order valence-electron chi connectivity index (χ3n) is 2.41. The third kappa shape index (κ3) is 2.35. The molecule has 1 aliphatic rings. The van der Waals surface area contributed by atoms with Crippen LogP contribution in [0.25, 0.3) is 0 Å². The number of aromatic nitrogens is 1. The van der Waals surface area contributed by atoms with E-state index in [-0.39, 0.29) is 24.3 Å². The smallest absolute Gasteiger partial charge is 0.185 e. The topological polar surface area (TPSA) is 68.9 Å². The van der Waals surface area contributed by atoms with Crippen LogP contribution in [-0.4, -0.2) is 22.7 Å². The Labute approximate surface area is 102 Å². The Balaban J connectivity index is 2.00. The first-order chi connectivity index (χ1) is 7.72. The highest BCUT2D eigenvalue weighted by Crippen LogP contribution is 2.29. The van der Waals surface area contributed by atoms with Gasteiger partial charge in [-0.3, -0.25) is 0 Å². The van der Waals surface area contributed by atoms with Crippen LogP contribution >= 0.6 is 22.9 Å². The number of anilines is 1. The second-order valence-corrected chi connectivity index (χ2v) is 5.17. The zero-order valence-corrected chi connectivity index (χ0v) is 9.92. The summed E-state index contributed by atoms with van der Waals surface area (Å²) in [6.45, 7) is 0.163. The fraction of sp³-hybridized carbons (Fsp3) is 0.400. The summed E-state index contributed by atoms with van der Waals surface area (Å²) in [5, 5.41) is 21.5. The predicted molar refractivity (Wildman–Crippen MR) is 63.6 cm³/mol. The van der Waals surface area contributed by atoms with Crippen LogP contribution in [0.15, 0.2) is 12.2 Å². The molecule has 2 atom stereocenters. The van der Waals surface area contributed by atoms with Gasteiger partial charge in [-0.25, -0.2) is 4.98 Å². The van der Waals surface area contributed by atoms with Gasteiger partial charge >= 0.3 is 0 Å². The summed E-state index contributed by atoms with van der Waals surface area (Å²) in [6, 6.07) is 2.09. The zero-order chi connectivity index (χ0) is 11.5. The Morgan fingerprint density at radius 1 is 1.69 bits per heavy atom. The van der Waals surface area contributed by atoms with Crippen LogP contribution in [0.4, 0.5) is 5.13 Å². The number of aliphatic hydroxyl groups is 1. The number of halogens is 1. The van der Waals surface area contributed by atoms with Crippen molar-refractivity contribution in [3.8, 4) is 6.07 Å². The van der Waals surface area contributed by atoms with Crippen LogP contribution in [0.3, 0.4) is 0 Å². The lowest BCUT2D eigenvalue weighted by molar-refractivity contribution is 0.250. The molecule has 0 aliphatic heterocycles. The van der Waals surface area contributed by atoms with Crippen molar-refractivity contribution in [2.24, 2.45) is 5.92 Å². The van der Waals surface area contributed by atoms with Gasteiger partial charge in [-0.1, -0.05) is 35.1 Å². The quantitative estimate of drug-likeness (QED) is 0.811. The van der Waals surface area contributed by atoms with Crippen LogP contribution in [-0.2, 0) is 0 Å². The number of nitriles is 1. The molecule has 0 fully saturated rings. The van der Waals surface area contributed by atoms with Crippen LogP contribution < -0.4 is 5.32 Å². The van der Waals surface area contributed by atoms with Crippen LogP contribution in [0.5, 0.6) is 0 Å². The van der Waals surface area contributed by atoms with E-state index < -0.39 is 0 Å². The molecule has 2 rings (SSSR count). The Morgan fingerprint density at radius 3 is 3.06 bits per heavy atom. The Morgan fingerprint density at radius 2 is 2.50 bits per heavy atom. The minimum absolute atomic E-state index is 0.158. The Bertz CT molecular complexity index is 451. The molecule has 0 saturated carbocycles. The molecule has 0 radical (unpaired) electrons. The molecule has 0 aromatic carbocycles. The summed E-state index contributed by atoms with van der Waals surface area (Å²) in [5.74, 6) is 0.211. The molecule has 1 aromatic rings. The number of nitrogens with zero attached hydrogens (tertiary/aromatic N) is 2. The first-order valence-electron chi connectivity index (χ1n) is 4.85. The largest absolute Gasteiger partial charge is 0.396 e. The predicted octanol–water partition coefficient (Wildman–Crippen LogP) is 2.02. The van der Waals surface area contributed by atoms with E-state index in [2.05, 4.69) is 10.3 Å². The van der Waals surface area contributed by atoms with E-state index in [1.807, 2.05) is 18.2 Å². The van der Waals surface area contributed by atoms with E-state index in [0.717, 1.165) is 6.42 Å². The highest BCUT2D eigenvalue weighted by molar-refractivity contribution is 7.19. The molecule has 0 bridgehead atoms. The Kier molecular flexibility index (Phi) is 3.44. The second-order valence-electron chi connectivity index (χ2n) is 3.57. The number of hydrogen-bond donors (Lipinski definition) is 2. The number of rotatable bonds is 3. The average molecular weight is 256 g/mol. The monoisotopic (exact) mass is 255 g/mol. The van der Waals surface area contributed by atoms with Crippen LogP contribution in [0, 0.1) is 17.2 Å². The molecule has 84 valence electrons. The minimum Gasteiger partial charge on any atom is -0.396 e. The van der Waals surface area contributed by atoms with E-state index in [4.69, 9.17) is 22.0 Å². The van der Waals surface area contributed by atoms with E-state index in [9.17, 15) is 0 Å². The first-order valence-corrected chi connectivity index (χ1v) is 6.04. The summed E-state index contributed by atoms with van der Waals surface area (Å²) < 4.78 is 0.408. The van der Waals surface area contributed by atoms with Crippen molar-refractivity contribution in [1.29, 1.82) is 5.26 Å². The number of thiazole rings is 1. The van der Waals surface area contributed by atoms with Gasteiger partial charge in [0.25, 0.3) is 0 Å². The minimum atomic E-state index is 0.158. The summed E-state index contributed by atoms with van der Waals surface area (Å²) in [6.07, 6.45) is 4.83. The molecule has 0 unspecified atom stereocenters. The first kappa shape index (κ1) is 11.4. The van der Waals surface area contributed by atoms with Crippen molar-refractivity contribution < 1.29 is 5.11 Å². The highest BCUT2D eigenvalue weighted by atomic mass is 35.5. The van der Waals surface area contributed by atoms with Crippen molar-refractivity contribution in [2.45, 2.75) is 12.5 Å². The lowest BCUT2D eigenvalue weighted by atomic mass is 10.1. The average Bonchev–Trinajstić information content (AvgIpc) is 2.85. The third-order valence-corrected chi connectivity index (χ3v) is 3.59. The normalized spacial score (nSPS) is 23.3. The van der Waals surface area contributed by atoms with Gasteiger partial charge in [-0.2, -0.15) is 5.26 Å². The fourth-order valence-electron chi connectivity index (χ4n) is 1.61. The van der Waals surface area contributed by atoms with Crippen molar-refractivity contribution in [1.82, 2.24) is 4.98 Å². The highest BCUT2D eigenvalue weighted by Gasteiger charge is 2.19. The number of nitrogens with one attached hydrogen (secondary N) is 1. The van der Waals surface area contributed by atoms with Gasteiger partial charge in [-0.05, 0) is 6.42 Å². The molecule has 1 aliphatic carbocycles. The van der Waals surface area contributed by atoms with Crippen molar-refractivity contribution >= 4 is 28.1 Å². The molecule has 2 N–H and O–H groups in total. The van der Waals surface area contributed by atoms with E-state index in [1.54, 1.807) is 0 Å². The molecule has 6 heteroatoms. The summed E-state index contributed by atoms with van der Waals surface area (Å²) >= 11 is 7.08. The molecular weight excluding hydrogens is 246 g/mol. The molecule has 4 nitrogen and oxygen atoms in total. The van der Waals surface area contributed by atoms with E-state index in [1.165, 1.54) is 11.3 Å². The maximum absolute atomic E-state index is 8.98. The van der Waals surface area contributed by atoms with Gasteiger partial charge in [0, 0.05) is 18.6 Å². The molecule has 1 aromatic heterocycles. The molecule has 1 heterocycles. The van der Waals surface area contributed by atoms with Crippen molar-refractivity contribution in [2.75, 3.05) is 11.9 Å². The SMILES string of the molecule is N#Cc1nc(N[C@@H]2C=C[C@H](CO)C2)sc1Cl. The molecule has 0 amide bonds. The lowest BCUT2D eigenvalue weighted by Gasteiger charge is -2.10. The molecular formula is C10H10ClN3OS. The fourth-order valence-corrected chi connectivity index (χ4v) is 2.62.